The van der Waals surface area contributed by atoms with Crippen molar-refractivity contribution in [3.63, 3.8) is 0 Å². The number of carbonyl (C=O) groups excluding carboxylic acids is 1. The van der Waals surface area contributed by atoms with Gasteiger partial charge in [0.2, 0.25) is 0 Å². The molecule has 0 aliphatic carbocycles. The van der Waals surface area contributed by atoms with Crippen molar-refractivity contribution in [1.29, 1.82) is 0 Å². The normalized spacial score (nSPS) is 11.5. The monoisotopic (exact) mass is 353 g/mol. The van der Waals surface area contributed by atoms with Gasteiger partial charge in [0.25, 0.3) is 5.91 Å². The van der Waals surface area contributed by atoms with Gasteiger partial charge in [-0.3, -0.25) is 10.1 Å². The number of thiazole rings is 1. The van der Waals surface area contributed by atoms with Crippen molar-refractivity contribution in [3.05, 3.63) is 52.8 Å². The molecule has 0 spiro atoms. The Morgan fingerprint density at radius 1 is 1.29 bits per heavy atom. The van der Waals surface area contributed by atoms with Gasteiger partial charge in [0.15, 0.2) is 10.8 Å². The molecule has 0 saturated heterocycles. The van der Waals surface area contributed by atoms with Crippen LogP contribution in [0.5, 0.6) is 0 Å². The molecule has 3 aromatic rings. The van der Waals surface area contributed by atoms with Crippen molar-refractivity contribution in [2.75, 3.05) is 5.32 Å². The lowest BCUT2D eigenvalue weighted by Gasteiger charge is -2.13. The molecule has 1 aromatic carbocycles. The number of aromatic nitrogens is 4. The lowest BCUT2D eigenvalue weighted by Crippen LogP contribution is -2.15. The van der Waals surface area contributed by atoms with E-state index in [-0.39, 0.29) is 17.1 Å². The van der Waals surface area contributed by atoms with Gasteiger partial charge in [0.05, 0.1) is 16.9 Å². The summed E-state index contributed by atoms with van der Waals surface area (Å²) in [6.45, 7) is 1.48. The van der Waals surface area contributed by atoms with Gasteiger partial charge in [-0.25, -0.2) is 9.67 Å². The number of nitrogens with zero attached hydrogens (tertiary/aromatic N) is 4. The smallest absolute Gasteiger partial charge is 0.296 e. The quantitative estimate of drug-likeness (QED) is 0.784. The molecule has 24 heavy (non-hydrogen) atoms. The van der Waals surface area contributed by atoms with Crippen molar-refractivity contribution in [1.82, 2.24) is 20.0 Å². The van der Waals surface area contributed by atoms with Gasteiger partial charge in [-0.1, -0.05) is 17.3 Å². The zero-order chi connectivity index (χ0) is 17.3. The Kier molecular flexibility index (Phi) is 4.06. The van der Waals surface area contributed by atoms with Crippen LogP contribution in [0.2, 0.25) is 0 Å². The minimum absolute atomic E-state index is 0.0674. The van der Waals surface area contributed by atoms with Crippen molar-refractivity contribution < 1.29 is 18.0 Å². The van der Waals surface area contributed by atoms with Crippen LogP contribution in [-0.4, -0.2) is 25.9 Å². The molecule has 0 unspecified atom stereocenters. The average Bonchev–Trinajstić information content (AvgIpc) is 3.16. The van der Waals surface area contributed by atoms with Gasteiger partial charge in [-0.05, 0) is 19.1 Å². The van der Waals surface area contributed by atoms with Gasteiger partial charge < -0.3 is 0 Å². The standard InChI is InChI=1S/C14H10F3N5OS/c1-8-11(12(23)19-13-18-6-7-24-13)20-21-22(8)10-5-3-2-4-9(10)14(15,16)17/h2-7H,1H3,(H,18,19,23). The Hall–Kier alpha value is -2.75. The molecule has 0 aliphatic rings. The van der Waals surface area contributed by atoms with E-state index in [0.29, 0.717) is 5.13 Å². The number of halogens is 3. The van der Waals surface area contributed by atoms with Crippen molar-refractivity contribution in [2.24, 2.45) is 0 Å². The number of nitrogens with one attached hydrogen (secondary N) is 1. The maximum absolute atomic E-state index is 13.1. The Morgan fingerprint density at radius 3 is 2.71 bits per heavy atom. The third kappa shape index (κ3) is 3.00. The van der Waals surface area contributed by atoms with E-state index in [1.807, 2.05) is 0 Å². The van der Waals surface area contributed by atoms with Gasteiger partial charge in [0.1, 0.15) is 0 Å². The maximum Gasteiger partial charge on any atom is 0.418 e. The summed E-state index contributed by atoms with van der Waals surface area (Å²) < 4.78 is 40.4. The van der Waals surface area contributed by atoms with Gasteiger partial charge in [-0.2, -0.15) is 13.2 Å². The lowest BCUT2D eigenvalue weighted by molar-refractivity contribution is -0.137. The van der Waals surface area contributed by atoms with Gasteiger partial charge in [0, 0.05) is 11.6 Å². The first-order valence-electron chi connectivity index (χ1n) is 6.67. The first kappa shape index (κ1) is 16.1. The number of amides is 1. The SMILES string of the molecule is Cc1c(C(=O)Nc2nccs2)nnn1-c1ccccc1C(F)(F)F. The van der Waals surface area contributed by atoms with E-state index in [1.54, 1.807) is 5.38 Å². The predicted molar refractivity (Wildman–Crippen MR) is 81.2 cm³/mol. The number of benzene rings is 1. The summed E-state index contributed by atoms with van der Waals surface area (Å²) in [5, 5.41) is 12.0. The summed E-state index contributed by atoms with van der Waals surface area (Å²) in [5.74, 6) is -0.585. The number of anilines is 1. The lowest BCUT2D eigenvalue weighted by atomic mass is 10.1. The number of rotatable bonds is 3. The summed E-state index contributed by atoms with van der Waals surface area (Å²) >= 11 is 1.21. The van der Waals surface area contributed by atoms with Crippen LogP contribution in [0.3, 0.4) is 0 Å². The predicted octanol–water partition coefficient (Wildman–Crippen LogP) is 3.30. The highest BCUT2D eigenvalue weighted by molar-refractivity contribution is 7.13. The first-order chi connectivity index (χ1) is 11.4. The van der Waals surface area contributed by atoms with Crippen molar-refractivity contribution >= 4 is 22.4 Å². The summed E-state index contributed by atoms with van der Waals surface area (Å²) in [4.78, 5) is 16.1. The second kappa shape index (κ2) is 6.04. The second-order valence-electron chi connectivity index (χ2n) is 4.74. The third-order valence-corrected chi connectivity index (χ3v) is 3.89. The second-order valence-corrected chi connectivity index (χ2v) is 5.64. The molecule has 0 bridgehead atoms. The van der Waals surface area contributed by atoms with E-state index in [9.17, 15) is 18.0 Å². The number of hydrogen-bond donors (Lipinski definition) is 1. The maximum atomic E-state index is 13.1. The fourth-order valence-corrected chi connectivity index (χ4v) is 2.63. The minimum Gasteiger partial charge on any atom is -0.296 e. The summed E-state index contributed by atoms with van der Waals surface area (Å²) in [6.07, 6.45) is -3.03. The van der Waals surface area contributed by atoms with Gasteiger partial charge >= 0.3 is 6.18 Å². The number of carbonyl (C=O) groups is 1. The largest absolute Gasteiger partial charge is 0.418 e. The van der Waals surface area contributed by atoms with Crippen LogP contribution in [0.4, 0.5) is 18.3 Å². The molecule has 2 heterocycles. The van der Waals surface area contributed by atoms with Crippen LogP contribution in [0.15, 0.2) is 35.8 Å². The van der Waals surface area contributed by atoms with Crippen molar-refractivity contribution in [2.45, 2.75) is 13.1 Å². The average molecular weight is 353 g/mol. The number of alkyl halides is 3. The van der Waals surface area contributed by atoms with E-state index < -0.39 is 17.6 Å². The summed E-state index contributed by atoms with van der Waals surface area (Å²) in [5.41, 5.74) is -0.920. The molecular weight excluding hydrogens is 343 g/mol. The summed E-state index contributed by atoms with van der Waals surface area (Å²) in [6, 6.07) is 4.97. The third-order valence-electron chi connectivity index (χ3n) is 3.20. The van der Waals surface area contributed by atoms with E-state index in [1.165, 1.54) is 42.7 Å². The van der Waals surface area contributed by atoms with Crippen LogP contribution in [0.1, 0.15) is 21.7 Å². The molecule has 3 rings (SSSR count). The fraction of sp³-hybridized carbons (Fsp3) is 0.143. The Bertz CT molecular complexity index is 873. The molecule has 10 heteroatoms. The van der Waals surface area contributed by atoms with Crippen molar-refractivity contribution in [3.8, 4) is 5.69 Å². The van der Waals surface area contributed by atoms with E-state index >= 15 is 0 Å². The molecule has 0 saturated carbocycles. The highest BCUT2D eigenvalue weighted by Gasteiger charge is 2.34. The number of hydrogen-bond acceptors (Lipinski definition) is 5. The molecule has 1 amide bonds. The molecule has 124 valence electrons. The van der Waals surface area contributed by atoms with Crippen LogP contribution >= 0.6 is 11.3 Å². The molecule has 6 nitrogen and oxygen atoms in total. The zero-order valence-corrected chi connectivity index (χ0v) is 13.0. The van der Waals surface area contributed by atoms with Crippen LogP contribution in [0, 0.1) is 6.92 Å². The molecule has 0 atom stereocenters. The molecule has 0 radical (unpaired) electrons. The Labute approximate surface area is 138 Å². The van der Waals surface area contributed by atoms with Crippen LogP contribution < -0.4 is 5.32 Å². The number of para-hydroxylation sites is 1. The minimum atomic E-state index is -4.54. The summed E-state index contributed by atoms with van der Waals surface area (Å²) in [7, 11) is 0. The highest BCUT2D eigenvalue weighted by Crippen LogP contribution is 2.33. The molecule has 1 N–H and O–H groups in total. The molecule has 0 aliphatic heterocycles. The topological polar surface area (TPSA) is 72.7 Å². The van der Waals surface area contributed by atoms with Gasteiger partial charge in [-0.15, -0.1) is 16.4 Å². The fourth-order valence-electron chi connectivity index (χ4n) is 2.11. The first-order valence-corrected chi connectivity index (χ1v) is 7.55. The van der Waals surface area contributed by atoms with Crippen LogP contribution in [-0.2, 0) is 6.18 Å². The van der Waals surface area contributed by atoms with E-state index in [0.717, 1.165) is 10.7 Å². The molecule has 0 fully saturated rings. The van der Waals surface area contributed by atoms with E-state index in [4.69, 9.17) is 0 Å². The Morgan fingerprint density at radius 2 is 2.04 bits per heavy atom. The molecular formula is C14H10F3N5OS. The molecule has 2 aromatic heterocycles. The van der Waals surface area contributed by atoms with Crippen LogP contribution in [0.25, 0.3) is 5.69 Å². The Balaban J connectivity index is 1.98. The van der Waals surface area contributed by atoms with E-state index in [2.05, 4.69) is 20.6 Å². The highest BCUT2D eigenvalue weighted by atomic mass is 32.1. The zero-order valence-electron chi connectivity index (χ0n) is 12.2.